The van der Waals surface area contributed by atoms with Gasteiger partial charge in [0.2, 0.25) is 0 Å². The van der Waals surface area contributed by atoms with Gasteiger partial charge in [0.25, 0.3) is 0 Å². The lowest BCUT2D eigenvalue weighted by Gasteiger charge is -2.17. The molecule has 0 bridgehead atoms. The van der Waals surface area contributed by atoms with Gasteiger partial charge in [-0.05, 0) is 44.0 Å². The number of carbonyl (C=O) groups is 1. The Balaban J connectivity index is 2.01. The van der Waals surface area contributed by atoms with Gasteiger partial charge in [0.05, 0.1) is 7.11 Å². The number of rotatable bonds is 7. The van der Waals surface area contributed by atoms with Crippen molar-refractivity contribution >= 4 is 5.97 Å². The number of carboxylic acids is 1. The van der Waals surface area contributed by atoms with Gasteiger partial charge < -0.3 is 19.5 Å². The smallest absolute Gasteiger partial charge is 0.303 e. The number of likely N-dealkylation sites (N-methyl/N-ethyl adjacent to an activating group) is 1. The van der Waals surface area contributed by atoms with Crippen LogP contribution in [0.2, 0.25) is 0 Å². The van der Waals surface area contributed by atoms with Gasteiger partial charge in [-0.1, -0.05) is 6.07 Å². The van der Waals surface area contributed by atoms with Gasteiger partial charge in [0.1, 0.15) is 6.10 Å². The van der Waals surface area contributed by atoms with Crippen molar-refractivity contribution in [3.63, 3.8) is 0 Å². The van der Waals surface area contributed by atoms with Crippen LogP contribution in [0.15, 0.2) is 18.2 Å². The molecule has 0 aromatic heterocycles. The molecule has 1 aliphatic rings. The van der Waals surface area contributed by atoms with Crippen molar-refractivity contribution in [2.45, 2.75) is 31.8 Å². The lowest BCUT2D eigenvalue weighted by molar-refractivity contribution is -0.137. The van der Waals surface area contributed by atoms with Gasteiger partial charge in [0.15, 0.2) is 11.5 Å². The van der Waals surface area contributed by atoms with Crippen LogP contribution in [0.3, 0.4) is 0 Å². The summed E-state index contributed by atoms with van der Waals surface area (Å²) in [6.07, 6.45) is 2.77. The van der Waals surface area contributed by atoms with Gasteiger partial charge >= 0.3 is 5.97 Å². The highest BCUT2D eigenvalue weighted by molar-refractivity contribution is 5.66. The van der Waals surface area contributed by atoms with Crippen molar-refractivity contribution in [2.24, 2.45) is 0 Å². The van der Waals surface area contributed by atoms with Crippen molar-refractivity contribution in [3.8, 4) is 11.5 Å². The van der Waals surface area contributed by atoms with Gasteiger partial charge in [-0.25, -0.2) is 0 Å². The van der Waals surface area contributed by atoms with Crippen molar-refractivity contribution < 1.29 is 19.4 Å². The Kier molecular flexibility index (Phi) is 5.44. The van der Waals surface area contributed by atoms with Gasteiger partial charge in [0, 0.05) is 19.5 Å². The minimum Gasteiger partial charge on any atom is -0.493 e. The van der Waals surface area contributed by atoms with E-state index in [2.05, 4.69) is 11.9 Å². The van der Waals surface area contributed by atoms with Crippen LogP contribution in [0.4, 0.5) is 0 Å². The summed E-state index contributed by atoms with van der Waals surface area (Å²) in [7, 11) is 3.72. The molecule has 21 heavy (non-hydrogen) atoms. The molecule has 0 aliphatic carbocycles. The number of nitrogens with zero attached hydrogens (tertiary/aromatic N) is 1. The van der Waals surface area contributed by atoms with Gasteiger partial charge in [-0.15, -0.1) is 0 Å². The molecule has 1 unspecified atom stereocenters. The maximum Gasteiger partial charge on any atom is 0.303 e. The van der Waals surface area contributed by atoms with E-state index >= 15 is 0 Å². The average molecular weight is 293 g/mol. The van der Waals surface area contributed by atoms with Crippen molar-refractivity contribution in [1.29, 1.82) is 0 Å². The van der Waals surface area contributed by atoms with E-state index in [1.165, 1.54) is 0 Å². The highest BCUT2D eigenvalue weighted by Gasteiger charge is 2.22. The molecule has 2 rings (SSSR count). The molecule has 1 fully saturated rings. The number of aliphatic carboxylic acids is 1. The minimum atomic E-state index is -0.756. The summed E-state index contributed by atoms with van der Waals surface area (Å²) in [5.41, 5.74) is 1.08. The fourth-order valence-electron chi connectivity index (χ4n) is 2.58. The summed E-state index contributed by atoms with van der Waals surface area (Å²) in [4.78, 5) is 12.8. The third kappa shape index (κ3) is 4.63. The summed E-state index contributed by atoms with van der Waals surface area (Å²) < 4.78 is 11.4. The average Bonchev–Trinajstić information content (AvgIpc) is 2.84. The normalized spacial score (nSPS) is 18.7. The first kappa shape index (κ1) is 15.6. The van der Waals surface area contributed by atoms with E-state index in [0.717, 1.165) is 43.0 Å². The number of hydrogen-bond acceptors (Lipinski definition) is 4. The second kappa shape index (κ2) is 7.31. The lowest BCUT2D eigenvalue weighted by Crippen LogP contribution is -2.21. The van der Waals surface area contributed by atoms with E-state index < -0.39 is 5.97 Å². The molecule has 1 N–H and O–H groups in total. The van der Waals surface area contributed by atoms with Crippen LogP contribution in [0.1, 0.15) is 24.8 Å². The van der Waals surface area contributed by atoms with E-state index in [4.69, 9.17) is 14.6 Å². The molecular weight excluding hydrogens is 270 g/mol. The second-order valence-corrected chi connectivity index (χ2v) is 5.52. The Hall–Kier alpha value is -1.75. The number of methoxy groups -OCH3 is 1. The quantitative estimate of drug-likeness (QED) is 0.835. The molecule has 0 saturated carbocycles. The fraction of sp³-hybridized carbons (Fsp3) is 0.562. The van der Waals surface area contributed by atoms with E-state index in [9.17, 15) is 4.79 Å². The van der Waals surface area contributed by atoms with Gasteiger partial charge in [-0.3, -0.25) is 4.79 Å². The molecule has 1 aliphatic heterocycles. The number of carboxylic acid groups (broad SMARTS) is 1. The molecule has 0 spiro atoms. The zero-order chi connectivity index (χ0) is 15.2. The summed E-state index contributed by atoms with van der Waals surface area (Å²) >= 11 is 0. The molecule has 0 radical (unpaired) electrons. The zero-order valence-electron chi connectivity index (χ0n) is 12.7. The fourth-order valence-corrected chi connectivity index (χ4v) is 2.58. The Bertz CT molecular complexity index is 489. The van der Waals surface area contributed by atoms with Crippen molar-refractivity contribution in [3.05, 3.63) is 23.8 Å². The number of benzene rings is 1. The SMILES string of the molecule is COc1ccc(CCCC(=O)O)cc1OC1CCN(C)C1. The number of ether oxygens (including phenoxy) is 2. The standard InChI is InChI=1S/C16H23NO4/c1-17-9-8-13(11-17)21-15-10-12(4-3-5-16(18)19)6-7-14(15)20-2/h6-7,10,13H,3-5,8-9,11H2,1-2H3,(H,18,19). The molecular formula is C16H23NO4. The zero-order valence-corrected chi connectivity index (χ0v) is 12.7. The molecule has 1 aromatic rings. The predicted octanol–water partition coefficient (Wildman–Crippen LogP) is 2.19. The molecule has 1 saturated heterocycles. The molecule has 116 valence electrons. The van der Waals surface area contributed by atoms with Crippen LogP contribution in [0, 0.1) is 0 Å². The molecule has 5 nitrogen and oxygen atoms in total. The van der Waals surface area contributed by atoms with Crippen LogP contribution < -0.4 is 9.47 Å². The monoisotopic (exact) mass is 293 g/mol. The summed E-state index contributed by atoms with van der Waals surface area (Å²) in [6, 6.07) is 5.83. The number of aryl methyl sites for hydroxylation is 1. The Morgan fingerprint density at radius 3 is 2.86 bits per heavy atom. The van der Waals surface area contributed by atoms with E-state index in [-0.39, 0.29) is 12.5 Å². The Morgan fingerprint density at radius 2 is 2.24 bits per heavy atom. The van der Waals surface area contributed by atoms with E-state index in [1.54, 1.807) is 7.11 Å². The maximum atomic E-state index is 10.6. The summed E-state index contributed by atoms with van der Waals surface area (Å²) in [5.74, 6) is 0.728. The minimum absolute atomic E-state index is 0.190. The number of likely N-dealkylation sites (tertiary alicyclic amines) is 1. The molecule has 1 aromatic carbocycles. The van der Waals surface area contributed by atoms with Crippen LogP contribution in [-0.2, 0) is 11.2 Å². The van der Waals surface area contributed by atoms with Gasteiger partial charge in [-0.2, -0.15) is 0 Å². The third-order valence-corrected chi connectivity index (χ3v) is 3.73. The highest BCUT2D eigenvalue weighted by Crippen LogP contribution is 2.30. The number of hydrogen-bond donors (Lipinski definition) is 1. The first-order valence-electron chi connectivity index (χ1n) is 7.32. The highest BCUT2D eigenvalue weighted by atomic mass is 16.5. The first-order valence-corrected chi connectivity index (χ1v) is 7.32. The molecule has 5 heteroatoms. The topological polar surface area (TPSA) is 59.0 Å². The molecule has 0 amide bonds. The Morgan fingerprint density at radius 1 is 1.43 bits per heavy atom. The van der Waals surface area contributed by atoms with E-state index in [0.29, 0.717) is 6.42 Å². The van der Waals surface area contributed by atoms with Crippen molar-refractivity contribution in [1.82, 2.24) is 4.90 Å². The largest absolute Gasteiger partial charge is 0.493 e. The van der Waals surface area contributed by atoms with Crippen LogP contribution in [-0.4, -0.2) is 49.3 Å². The lowest BCUT2D eigenvalue weighted by atomic mass is 10.1. The van der Waals surface area contributed by atoms with Crippen LogP contribution in [0.5, 0.6) is 11.5 Å². The first-order chi connectivity index (χ1) is 10.1. The van der Waals surface area contributed by atoms with Crippen LogP contribution >= 0.6 is 0 Å². The molecule has 1 heterocycles. The summed E-state index contributed by atoms with van der Waals surface area (Å²) in [6.45, 7) is 1.97. The molecule has 1 atom stereocenters. The van der Waals surface area contributed by atoms with Crippen molar-refractivity contribution in [2.75, 3.05) is 27.2 Å². The Labute approximate surface area is 125 Å². The summed E-state index contributed by atoms with van der Waals surface area (Å²) in [5, 5.41) is 8.69. The predicted molar refractivity (Wildman–Crippen MR) is 80.1 cm³/mol. The maximum absolute atomic E-state index is 10.6. The van der Waals surface area contributed by atoms with Crippen LogP contribution in [0.25, 0.3) is 0 Å². The third-order valence-electron chi connectivity index (χ3n) is 3.73. The van der Waals surface area contributed by atoms with E-state index in [1.807, 2.05) is 18.2 Å². The second-order valence-electron chi connectivity index (χ2n) is 5.52.